The third kappa shape index (κ3) is 3.75. The molecule has 1 saturated carbocycles. The number of benzene rings is 1. The van der Waals surface area contributed by atoms with E-state index in [0.29, 0.717) is 30.1 Å². The minimum atomic E-state index is -0.0643. The van der Waals surface area contributed by atoms with Gasteiger partial charge in [-0.2, -0.15) is 0 Å². The van der Waals surface area contributed by atoms with Crippen molar-refractivity contribution >= 4 is 23.6 Å². The second kappa shape index (κ2) is 7.50. The van der Waals surface area contributed by atoms with Crippen molar-refractivity contribution in [1.29, 1.82) is 0 Å². The molecular weight excluding hydrogens is 356 g/mol. The predicted molar refractivity (Wildman–Crippen MR) is 109 cm³/mol. The molecule has 1 aromatic carbocycles. The fourth-order valence-electron chi connectivity index (χ4n) is 4.68. The van der Waals surface area contributed by atoms with Gasteiger partial charge >= 0.3 is 0 Å². The van der Waals surface area contributed by atoms with E-state index in [1.165, 1.54) is 5.56 Å². The number of hydrogen-bond donors (Lipinski definition) is 0. The monoisotopic (exact) mass is 386 g/mol. The summed E-state index contributed by atoms with van der Waals surface area (Å²) in [4.78, 5) is 29.8. The first kappa shape index (κ1) is 18.9. The fourth-order valence-corrected chi connectivity index (χ4v) is 6.16. The van der Waals surface area contributed by atoms with Gasteiger partial charge in [-0.1, -0.05) is 44.2 Å². The highest BCUT2D eigenvalue weighted by Crippen LogP contribution is 2.50. The molecular formula is C22H30N2O2S. The van der Waals surface area contributed by atoms with E-state index in [1.807, 2.05) is 17.8 Å². The number of piperidine rings is 1. The van der Waals surface area contributed by atoms with Gasteiger partial charge in [-0.3, -0.25) is 9.59 Å². The number of rotatable bonds is 4. The average molecular weight is 387 g/mol. The van der Waals surface area contributed by atoms with Gasteiger partial charge < -0.3 is 9.80 Å². The van der Waals surface area contributed by atoms with Crippen molar-refractivity contribution < 1.29 is 9.59 Å². The molecule has 1 aliphatic carbocycles. The zero-order valence-electron chi connectivity index (χ0n) is 16.4. The normalized spacial score (nSPS) is 26.6. The van der Waals surface area contributed by atoms with Crippen molar-refractivity contribution in [2.75, 3.05) is 25.4 Å². The van der Waals surface area contributed by atoms with Crippen molar-refractivity contribution in [1.82, 2.24) is 9.80 Å². The standard InChI is InChI=1S/C22H30N2O2S/c1-16(2)14-20(25)24-12-13-27-22(24)8-10-23(11-9-22)21(26)19-15-18(19)17-6-4-3-5-7-17/h3-7,16,18-19H,8-15H2,1-2H3. The van der Waals surface area contributed by atoms with Crippen LogP contribution in [0.5, 0.6) is 0 Å². The fraction of sp³-hybridized carbons (Fsp3) is 0.636. The van der Waals surface area contributed by atoms with Gasteiger partial charge in [-0.05, 0) is 36.7 Å². The second-order valence-electron chi connectivity index (χ2n) is 8.62. The molecule has 1 aromatic rings. The van der Waals surface area contributed by atoms with Crippen molar-refractivity contribution in [2.24, 2.45) is 11.8 Å². The Morgan fingerprint density at radius 2 is 1.85 bits per heavy atom. The van der Waals surface area contributed by atoms with Crippen LogP contribution in [0.4, 0.5) is 0 Å². The van der Waals surface area contributed by atoms with Crippen molar-refractivity contribution in [3.8, 4) is 0 Å². The minimum Gasteiger partial charge on any atom is -0.342 e. The lowest BCUT2D eigenvalue weighted by molar-refractivity contribution is -0.138. The Balaban J connectivity index is 1.35. The molecule has 4 nitrogen and oxygen atoms in total. The van der Waals surface area contributed by atoms with Crippen LogP contribution in [0.15, 0.2) is 30.3 Å². The molecule has 3 aliphatic rings. The van der Waals surface area contributed by atoms with Gasteiger partial charge in [-0.15, -0.1) is 11.8 Å². The predicted octanol–water partition coefficient (Wildman–Crippen LogP) is 3.73. The molecule has 2 unspecified atom stereocenters. The first-order valence-electron chi connectivity index (χ1n) is 10.3. The molecule has 2 aliphatic heterocycles. The van der Waals surface area contributed by atoms with Crippen molar-refractivity contribution in [3.05, 3.63) is 35.9 Å². The number of carbonyl (C=O) groups excluding carboxylic acids is 2. The summed E-state index contributed by atoms with van der Waals surface area (Å²) in [7, 11) is 0. The largest absolute Gasteiger partial charge is 0.342 e. The van der Waals surface area contributed by atoms with Crippen LogP contribution in [0.1, 0.15) is 51.0 Å². The smallest absolute Gasteiger partial charge is 0.226 e. The first-order chi connectivity index (χ1) is 13.0. The van der Waals surface area contributed by atoms with Crippen molar-refractivity contribution in [3.63, 3.8) is 0 Å². The van der Waals surface area contributed by atoms with Crippen molar-refractivity contribution in [2.45, 2.75) is 50.3 Å². The van der Waals surface area contributed by atoms with Crippen LogP contribution in [0.3, 0.4) is 0 Å². The average Bonchev–Trinajstić information content (AvgIpc) is 3.37. The molecule has 1 spiro atoms. The van der Waals surface area contributed by atoms with E-state index in [0.717, 1.165) is 44.6 Å². The molecule has 0 bridgehead atoms. The zero-order chi connectivity index (χ0) is 19.0. The van der Waals surface area contributed by atoms with Crippen LogP contribution in [-0.2, 0) is 9.59 Å². The quantitative estimate of drug-likeness (QED) is 0.792. The molecule has 27 heavy (non-hydrogen) atoms. The molecule has 0 aromatic heterocycles. The number of carbonyl (C=O) groups is 2. The van der Waals surface area contributed by atoms with E-state index >= 15 is 0 Å². The zero-order valence-corrected chi connectivity index (χ0v) is 17.2. The minimum absolute atomic E-state index is 0.0643. The third-order valence-corrected chi connectivity index (χ3v) is 7.81. The summed E-state index contributed by atoms with van der Waals surface area (Å²) < 4.78 is 0. The highest BCUT2D eigenvalue weighted by Gasteiger charge is 2.50. The lowest BCUT2D eigenvalue weighted by Crippen LogP contribution is -2.54. The summed E-state index contributed by atoms with van der Waals surface area (Å²) in [5, 5.41) is 0. The van der Waals surface area contributed by atoms with Crippen LogP contribution in [-0.4, -0.2) is 51.9 Å². The Morgan fingerprint density at radius 3 is 2.52 bits per heavy atom. The van der Waals surface area contributed by atoms with E-state index in [-0.39, 0.29) is 10.8 Å². The van der Waals surface area contributed by atoms with E-state index in [2.05, 4.69) is 47.9 Å². The van der Waals surface area contributed by atoms with Gasteiger partial charge in [0.1, 0.15) is 0 Å². The van der Waals surface area contributed by atoms with Crippen LogP contribution < -0.4 is 0 Å². The second-order valence-corrected chi connectivity index (χ2v) is 10.1. The summed E-state index contributed by atoms with van der Waals surface area (Å²) in [5.41, 5.74) is 1.29. The van der Waals surface area contributed by atoms with Gasteiger partial charge in [0.25, 0.3) is 0 Å². The molecule has 0 radical (unpaired) electrons. The van der Waals surface area contributed by atoms with E-state index in [4.69, 9.17) is 0 Å². The van der Waals surface area contributed by atoms with Gasteiger partial charge in [0.15, 0.2) is 0 Å². The van der Waals surface area contributed by atoms with E-state index < -0.39 is 0 Å². The summed E-state index contributed by atoms with van der Waals surface area (Å²) in [6, 6.07) is 10.4. The van der Waals surface area contributed by atoms with Crippen LogP contribution >= 0.6 is 11.8 Å². The molecule has 0 N–H and O–H groups in total. The topological polar surface area (TPSA) is 40.6 Å². The molecule has 3 fully saturated rings. The van der Waals surface area contributed by atoms with Crippen LogP contribution in [0.2, 0.25) is 0 Å². The lowest BCUT2D eigenvalue weighted by Gasteiger charge is -2.44. The molecule has 4 rings (SSSR count). The number of nitrogens with zero attached hydrogens (tertiary/aromatic N) is 2. The summed E-state index contributed by atoms with van der Waals surface area (Å²) in [5.74, 6) is 2.60. The molecule has 146 valence electrons. The van der Waals surface area contributed by atoms with Gasteiger partial charge in [-0.25, -0.2) is 0 Å². The molecule has 2 atom stereocenters. The highest BCUT2D eigenvalue weighted by molar-refractivity contribution is 8.00. The number of hydrogen-bond acceptors (Lipinski definition) is 3. The van der Waals surface area contributed by atoms with Crippen LogP contribution in [0, 0.1) is 11.8 Å². The van der Waals surface area contributed by atoms with E-state index in [1.54, 1.807) is 0 Å². The highest BCUT2D eigenvalue weighted by atomic mass is 32.2. The Labute approximate surface area is 166 Å². The van der Waals surface area contributed by atoms with Gasteiger partial charge in [0.2, 0.25) is 11.8 Å². The Morgan fingerprint density at radius 1 is 1.15 bits per heavy atom. The summed E-state index contributed by atoms with van der Waals surface area (Å²) in [6.45, 7) is 6.65. The molecule has 2 heterocycles. The summed E-state index contributed by atoms with van der Waals surface area (Å²) in [6.07, 6.45) is 3.44. The molecule has 2 saturated heterocycles. The number of amides is 2. The Hall–Kier alpha value is -1.49. The number of thioether (sulfide) groups is 1. The maximum atomic E-state index is 12.9. The SMILES string of the molecule is CC(C)CC(=O)N1CCSC12CCN(C(=O)C1CC1c1ccccc1)CC2. The maximum absolute atomic E-state index is 12.9. The van der Waals surface area contributed by atoms with Gasteiger partial charge in [0.05, 0.1) is 4.87 Å². The third-order valence-electron chi connectivity index (χ3n) is 6.25. The van der Waals surface area contributed by atoms with Gasteiger partial charge in [0, 0.05) is 37.7 Å². The maximum Gasteiger partial charge on any atom is 0.226 e. The Kier molecular flexibility index (Phi) is 5.23. The lowest BCUT2D eigenvalue weighted by atomic mass is 9.99. The first-order valence-corrected chi connectivity index (χ1v) is 11.3. The van der Waals surface area contributed by atoms with Crippen LogP contribution in [0.25, 0.3) is 0 Å². The Bertz CT molecular complexity index is 698. The summed E-state index contributed by atoms with van der Waals surface area (Å²) >= 11 is 1.93. The van der Waals surface area contributed by atoms with E-state index in [9.17, 15) is 9.59 Å². The number of likely N-dealkylation sites (tertiary alicyclic amines) is 1. The molecule has 5 heteroatoms. The molecule has 2 amide bonds.